The molecule has 0 bridgehead atoms. The molecule has 0 radical (unpaired) electrons. The minimum atomic E-state index is -0.320. The summed E-state index contributed by atoms with van der Waals surface area (Å²) >= 11 is 1.38. The van der Waals surface area contributed by atoms with Crippen LogP contribution in [0.2, 0.25) is 0 Å². The molecular weight excluding hydrogens is 370 g/mol. The smallest absolute Gasteiger partial charge is 0.349 e. The predicted molar refractivity (Wildman–Crippen MR) is 114 cm³/mol. The number of carbonyl (C=O) groups excluding carboxylic acids is 1. The lowest BCUT2D eigenvalue weighted by molar-refractivity contribution is 0.0533. The van der Waals surface area contributed by atoms with E-state index in [1.165, 1.54) is 43.4 Å². The van der Waals surface area contributed by atoms with Crippen LogP contribution in [0.3, 0.4) is 0 Å². The Labute approximate surface area is 168 Å². The van der Waals surface area contributed by atoms with E-state index >= 15 is 0 Å². The van der Waals surface area contributed by atoms with Gasteiger partial charge in [0.1, 0.15) is 9.71 Å². The maximum Gasteiger partial charge on any atom is 0.349 e. The molecule has 5 heteroatoms. The summed E-state index contributed by atoms with van der Waals surface area (Å²) in [5.41, 5.74) is 1.85. The molecule has 3 aromatic rings. The predicted octanol–water partition coefficient (Wildman–Crippen LogP) is 5.49. The number of pyridine rings is 1. The second-order valence-corrected chi connectivity index (χ2v) is 8.40. The van der Waals surface area contributed by atoms with E-state index in [-0.39, 0.29) is 11.5 Å². The summed E-state index contributed by atoms with van der Waals surface area (Å²) in [5, 5.41) is 0.953. The highest BCUT2D eigenvalue weighted by Crippen LogP contribution is 2.39. The zero-order valence-corrected chi connectivity index (χ0v) is 17.0. The first-order valence-electron chi connectivity index (χ1n) is 10.1. The normalized spacial score (nSPS) is 15.0. The molecule has 0 saturated heterocycles. The lowest BCUT2D eigenvalue weighted by Crippen LogP contribution is -2.24. The summed E-state index contributed by atoms with van der Waals surface area (Å²) in [6.07, 6.45) is 6.11. The van der Waals surface area contributed by atoms with Gasteiger partial charge in [-0.25, -0.2) is 4.79 Å². The molecule has 1 aliphatic carbocycles. The van der Waals surface area contributed by atoms with Gasteiger partial charge in [-0.1, -0.05) is 49.6 Å². The maximum atomic E-state index is 12.7. The van der Waals surface area contributed by atoms with Crippen molar-refractivity contribution < 1.29 is 9.53 Å². The Morgan fingerprint density at radius 2 is 1.86 bits per heavy atom. The van der Waals surface area contributed by atoms with E-state index in [2.05, 4.69) is 0 Å². The van der Waals surface area contributed by atoms with Crippen molar-refractivity contribution in [1.29, 1.82) is 0 Å². The molecular formula is C23H25NO3S. The average molecular weight is 396 g/mol. The zero-order valence-electron chi connectivity index (χ0n) is 16.1. The summed E-state index contributed by atoms with van der Waals surface area (Å²) < 4.78 is 7.20. The van der Waals surface area contributed by atoms with Crippen molar-refractivity contribution in [3.05, 3.63) is 57.7 Å². The first-order valence-corrected chi connectivity index (χ1v) is 10.9. The Balaban J connectivity index is 1.88. The van der Waals surface area contributed by atoms with E-state index in [0.717, 1.165) is 27.9 Å². The van der Waals surface area contributed by atoms with Crippen LogP contribution in [-0.4, -0.2) is 17.1 Å². The van der Waals surface area contributed by atoms with Crippen LogP contribution in [0.15, 0.2) is 47.3 Å². The molecule has 1 aromatic carbocycles. The van der Waals surface area contributed by atoms with Crippen molar-refractivity contribution in [1.82, 2.24) is 4.57 Å². The number of thiophene rings is 1. The summed E-state index contributed by atoms with van der Waals surface area (Å²) in [7, 11) is 0. The fraction of sp³-hybridized carbons (Fsp3) is 0.391. The lowest BCUT2D eigenvalue weighted by atomic mass is 9.89. The van der Waals surface area contributed by atoms with Crippen LogP contribution < -0.4 is 5.56 Å². The number of fused-ring (bicyclic) bond motifs is 1. The summed E-state index contributed by atoms with van der Waals surface area (Å²) in [6.45, 7) is 2.87. The Bertz CT molecular complexity index is 1030. The topological polar surface area (TPSA) is 48.3 Å². The zero-order chi connectivity index (χ0) is 19.5. The van der Waals surface area contributed by atoms with Gasteiger partial charge in [0.05, 0.1) is 6.61 Å². The number of ether oxygens (including phenoxy) is 1. The second-order valence-electron chi connectivity index (χ2n) is 7.40. The summed E-state index contributed by atoms with van der Waals surface area (Å²) in [6, 6.07) is 13.4. The highest BCUT2D eigenvalue weighted by atomic mass is 32.1. The van der Waals surface area contributed by atoms with E-state index < -0.39 is 0 Å². The summed E-state index contributed by atoms with van der Waals surface area (Å²) in [4.78, 5) is 26.9. The third-order valence-electron chi connectivity index (χ3n) is 5.52. The molecule has 2 aromatic heterocycles. The molecule has 0 atom stereocenters. The monoisotopic (exact) mass is 395 g/mol. The van der Waals surface area contributed by atoms with Crippen LogP contribution in [0, 0.1) is 5.92 Å². The number of carbonyl (C=O) groups is 1. The Morgan fingerprint density at radius 1 is 1.11 bits per heavy atom. The fourth-order valence-electron chi connectivity index (χ4n) is 4.16. The number of aromatic nitrogens is 1. The van der Waals surface area contributed by atoms with Crippen molar-refractivity contribution in [2.45, 2.75) is 45.6 Å². The Kier molecular flexibility index (Phi) is 5.62. The Hall–Kier alpha value is -2.40. The van der Waals surface area contributed by atoms with Crippen LogP contribution in [-0.2, 0) is 11.3 Å². The van der Waals surface area contributed by atoms with Crippen molar-refractivity contribution in [3.8, 4) is 11.1 Å². The van der Waals surface area contributed by atoms with E-state index in [9.17, 15) is 9.59 Å². The van der Waals surface area contributed by atoms with Gasteiger partial charge in [-0.2, -0.15) is 0 Å². The van der Waals surface area contributed by atoms with E-state index in [1.807, 2.05) is 47.9 Å². The van der Waals surface area contributed by atoms with Gasteiger partial charge in [0.25, 0.3) is 5.56 Å². The SMILES string of the molecule is CCOC(=O)c1sc2c(ccc(=O)n2CC2CCCCC2)c1-c1ccccc1. The van der Waals surface area contributed by atoms with Crippen molar-refractivity contribution in [3.63, 3.8) is 0 Å². The number of rotatable bonds is 5. The molecule has 146 valence electrons. The number of nitrogens with zero attached hydrogens (tertiary/aromatic N) is 1. The van der Waals surface area contributed by atoms with Crippen LogP contribution in [0.5, 0.6) is 0 Å². The highest BCUT2D eigenvalue weighted by molar-refractivity contribution is 7.21. The lowest BCUT2D eigenvalue weighted by Gasteiger charge is -2.22. The molecule has 4 nitrogen and oxygen atoms in total. The van der Waals surface area contributed by atoms with E-state index in [0.29, 0.717) is 17.4 Å². The van der Waals surface area contributed by atoms with Crippen LogP contribution in [0.25, 0.3) is 21.3 Å². The molecule has 28 heavy (non-hydrogen) atoms. The van der Waals surface area contributed by atoms with E-state index in [1.54, 1.807) is 6.07 Å². The first kappa shape index (κ1) is 18.9. The van der Waals surface area contributed by atoms with Gasteiger partial charge in [0.15, 0.2) is 0 Å². The van der Waals surface area contributed by atoms with Gasteiger partial charge < -0.3 is 4.74 Å². The highest BCUT2D eigenvalue weighted by Gasteiger charge is 2.24. The fourth-order valence-corrected chi connectivity index (χ4v) is 5.38. The van der Waals surface area contributed by atoms with Crippen LogP contribution in [0.1, 0.15) is 48.7 Å². The maximum absolute atomic E-state index is 12.7. The minimum Gasteiger partial charge on any atom is -0.462 e. The third kappa shape index (κ3) is 3.63. The molecule has 0 aliphatic heterocycles. The third-order valence-corrected chi connectivity index (χ3v) is 6.73. The van der Waals surface area contributed by atoms with Gasteiger partial charge in [-0.15, -0.1) is 11.3 Å². The second kappa shape index (κ2) is 8.31. The molecule has 0 N–H and O–H groups in total. The molecule has 4 rings (SSSR count). The quantitative estimate of drug-likeness (QED) is 0.537. The molecule has 0 spiro atoms. The molecule has 1 saturated carbocycles. The molecule has 0 amide bonds. The number of esters is 1. The standard InChI is InChI=1S/C23H25NO3S/c1-2-27-23(26)21-20(17-11-7-4-8-12-17)18-13-14-19(25)24(22(18)28-21)15-16-9-5-3-6-10-16/h4,7-8,11-14,16H,2-3,5-6,9-10,15H2,1H3. The van der Waals surface area contributed by atoms with E-state index in [4.69, 9.17) is 4.74 Å². The largest absolute Gasteiger partial charge is 0.462 e. The van der Waals surface area contributed by atoms with Crippen molar-refractivity contribution in [2.75, 3.05) is 6.61 Å². The number of hydrogen-bond donors (Lipinski definition) is 0. The van der Waals surface area contributed by atoms with Crippen LogP contribution >= 0.6 is 11.3 Å². The van der Waals surface area contributed by atoms with Crippen molar-refractivity contribution in [2.24, 2.45) is 5.92 Å². The first-order chi connectivity index (χ1) is 13.7. The summed E-state index contributed by atoms with van der Waals surface area (Å²) in [5.74, 6) is 0.213. The number of hydrogen-bond acceptors (Lipinski definition) is 4. The molecule has 0 unspecified atom stereocenters. The number of benzene rings is 1. The van der Waals surface area contributed by atoms with Crippen molar-refractivity contribution >= 4 is 27.5 Å². The molecule has 1 aliphatic rings. The van der Waals surface area contributed by atoms with Gasteiger partial charge in [-0.05, 0) is 37.3 Å². The minimum absolute atomic E-state index is 0.00865. The molecule has 1 fully saturated rings. The van der Waals surface area contributed by atoms with Gasteiger partial charge >= 0.3 is 5.97 Å². The van der Waals surface area contributed by atoms with Crippen LogP contribution in [0.4, 0.5) is 0 Å². The van der Waals surface area contributed by atoms with Gasteiger partial charge in [0, 0.05) is 23.6 Å². The van der Waals surface area contributed by atoms with Gasteiger partial charge in [-0.3, -0.25) is 9.36 Å². The average Bonchev–Trinajstić information content (AvgIpc) is 3.12. The van der Waals surface area contributed by atoms with Gasteiger partial charge in [0.2, 0.25) is 0 Å². The molecule has 2 heterocycles. The Morgan fingerprint density at radius 3 is 2.57 bits per heavy atom.